The third-order valence-corrected chi connectivity index (χ3v) is 2.98. The average Bonchev–Trinajstić information content (AvgIpc) is 2.63. The van der Waals surface area contributed by atoms with Crippen LogP contribution in [0.5, 0.6) is 0 Å². The van der Waals surface area contributed by atoms with Crippen molar-refractivity contribution in [1.29, 1.82) is 0 Å². The first-order valence-electron chi connectivity index (χ1n) is 6.41. The number of aromatic nitrogens is 2. The minimum absolute atomic E-state index is 0.0140. The molecule has 18 heavy (non-hydrogen) atoms. The van der Waals surface area contributed by atoms with Crippen LogP contribution in [-0.4, -0.2) is 22.6 Å². The molecule has 5 nitrogen and oxygen atoms in total. The molecule has 0 aromatic carbocycles. The Morgan fingerprint density at radius 3 is 2.50 bits per heavy atom. The number of hydrogen-bond donors (Lipinski definition) is 1. The lowest BCUT2D eigenvalue weighted by atomic mass is 9.78. The monoisotopic (exact) mass is 253 g/mol. The Kier molecular flexibility index (Phi) is 4.87. The van der Waals surface area contributed by atoms with Gasteiger partial charge in [0.2, 0.25) is 17.7 Å². The van der Waals surface area contributed by atoms with Crippen LogP contribution in [-0.2, 0) is 11.2 Å². The van der Waals surface area contributed by atoms with E-state index >= 15 is 0 Å². The second-order valence-electron chi connectivity index (χ2n) is 5.58. The van der Waals surface area contributed by atoms with Crippen LogP contribution in [0.3, 0.4) is 0 Å². The molecule has 0 aliphatic rings. The Balaban J connectivity index is 2.41. The largest absolute Gasteiger partial charge is 0.426 e. The molecule has 0 saturated carbocycles. The zero-order valence-corrected chi connectivity index (χ0v) is 11.9. The van der Waals surface area contributed by atoms with Crippen LogP contribution in [0.15, 0.2) is 4.42 Å². The summed E-state index contributed by atoms with van der Waals surface area (Å²) < 4.78 is 5.25. The number of rotatable bonds is 5. The van der Waals surface area contributed by atoms with E-state index in [9.17, 15) is 4.79 Å². The van der Waals surface area contributed by atoms with Crippen LogP contribution in [0, 0.1) is 18.3 Å². The van der Waals surface area contributed by atoms with Crippen LogP contribution >= 0.6 is 0 Å². The van der Waals surface area contributed by atoms with E-state index < -0.39 is 0 Å². The number of aryl methyl sites for hydroxylation is 1. The predicted molar refractivity (Wildman–Crippen MR) is 69.0 cm³/mol. The summed E-state index contributed by atoms with van der Waals surface area (Å²) >= 11 is 0. The summed E-state index contributed by atoms with van der Waals surface area (Å²) in [7, 11) is 0. The molecule has 1 amide bonds. The normalized spacial score (nSPS) is 13.4. The number of nitrogens with zero attached hydrogens (tertiary/aromatic N) is 2. The van der Waals surface area contributed by atoms with Crippen LogP contribution in [0.4, 0.5) is 0 Å². The molecule has 1 rings (SSSR count). The van der Waals surface area contributed by atoms with E-state index in [1.807, 2.05) is 6.92 Å². The highest BCUT2D eigenvalue weighted by molar-refractivity contribution is 5.79. The van der Waals surface area contributed by atoms with Crippen molar-refractivity contribution in [1.82, 2.24) is 15.5 Å². The molecular weight excluding hydrogens is 230 g/mol. The first kappa shape index (κ1) is 14.7. The average molecular weight is 253 g/mol. The van der Waals surface area contributed by atoms with Gasteiger partial charge in [-0.25, -0.2) is 0 Å². The van der Waals surface area contributed by atoms with Gasteiger partial charge in [-0.05, 0) is 11.8 Å². The highest BCUT2D eigenvalue weighted by Crippen LogP contribution is 2.28. The summed E-state index contributed by atoms with van der Waals surface area (Å²) in [5, 5.41) is 10.6. The SMILES string of the molecule is CCC(C(=O)NCCc1nnc(C)o1)C(C)(C)C. The molecule has 0 fully saturated rings. The molecule has 0 aliphatic heterocycles. The Morgan fingerprint density at radius 1 is 1.39 bits per heavy atom. The molecule has 1 atom stereocenters. The lowest BCUT2D eigenvalue weighted by molar-refractivity contribution is -0.128. The van der Waals surface area contributed by atoms with Gasteiger partial charge in [0.1, 0.15) is 0 Å². The molecule has 102 valence electrons. The number of carbonyl (C=O) groups excluding carboxylic acids is 1. The van der Waals surface area contributed by atoms with Crippen molar-refractivity contribution < 1.29 is 9.21 Å². The van der Waals surface area contributed by atoms with Gasteiger partial charge >= 0.3 is 0 Å². The lowest BCUT2D eigenvalue weighted by Crippen LogP contribution is -2.38. The first-order valence-corrected chi connectivity index (χ1v) is 6.41. The van der Waals surface area contributed by atoms with Gasteiger partial charge in [0.25, 0.3) is 0 Å². The zero-order chi connectivity index (χ0) is 13.8. The number of hydrogen-bond acceptors (Lipinski definition) is 4. The van der Waals surface area contributed by atoms with Crippen LogP contribution in [0.1, 0.15) is 45.9 Å². The highest BCUT2D eigenvalue weighted by atomic mass is 16.4. The third-order valence-electron chi connectivity index (χ3n) is 2.98. The van der Waals surface area contributed by atoms with Crippen molar-refractivity contribution in [2.75, 3.05) is 6.54 Å². The fraction of sp³-hybridized carbons (Fsp3) is 0.769. The number of amides is 1. The summed E-state index contributed by atoms with van der Waals surface area (Å²) in [6, 6.07) is 0. The van der Waals surface area contributed by atoms with E-state index in [4.69, 9.17) is 4.42 Å². The molecule has 1 aromatic heterocycles. The lowest BCUT2D eigenvalue weighted by Gasteiger charge is -2.28. The van der Waals surface area contributed by atoms with Crippen LogP contribution in [0.2, 0.25) is 0 Å². The zero-order valence-electron chi connectivity index (χ0n) is 11.9. The fourth-order valence-electron chi connectivity index (χ4n) is 2.05. The molecule has 1 unspecified atom stereocenters. The molecule has 1 N–H and O–H groups in total. The predicted octanol–water partition coefficient (Wildman–Crippen LogP) is 2.11. The van der Waals surface area contributed by atoms with Gasteiger partial charge in [0, 0.05) is 25.8 Å². The molecular formula is C13H23N3O2. The summed E-state index contributed by atoms with van der Waals surface area (Å²) in [6.07, 6.45) is 1.42. The van der Waals surface area contributed by atoms with Gasteiger partial charge in [-0.15, -0.1) is 10.2 Å². The van der Waals surface area contributed by atoms with Gasteiger partial charge < -0.3 is 9.73 Å². The molecule has 5 heteroatoms. The van der Waals surface area contributed by atoms with E-state index in [2.05, 4.69) is 36.3 Å². The van der Waals surface area contributed by atoms with Crippen molar-refractivity contribution in [3.05, 3.63) is 11.8 Å². The topological polar surface area (TPSA) is 68.0 Å². The minimum Gasteiger partial charge on any atom is -0.426 e. The van der Waals surface area contributed by atoms with E-state index in [-0.39, 0.29) is 17.2 Å². The maximum absolute atomic E-state index is 12.0. The van der Waals surface area contributed by atoms with Gasteiger partial charge in [-0.1, -0.05) is 27.7 Å². The Bertz CT molecular complexity index is 393. The second-order valence-corrected chi connectivity index (χ2v) is 5.58. The van der Waals surface area contributed by atoms with E-state index in [0.717, 1.165) is 6.42 Å². The maximum atomic E-state index is 12.0. The van der Waals surface area contributed by atoms with E-state index in [1.54, 1.807) is 6.92 Å². The number of nitrogens with one attached hydrogen (secondary N) is 1. The summed E-state index contributed by atoms with van der Waals surface area (Å²) in [6.45, 7) is 10.6. The van der Waals surface area contributed by atoms with Crippen molar-refractivity contribution in [3.8, 4) is 0 Å². The molecule has 0 bridgehead atoms. The minimum atomic E-state index is -0.0140. The Hall–Kier alpha value is -1.39. The maximum Gasteiger partial charge on any atom is 0.223 e. The molecule has 1 heterocycles. The first-order chi connectivity index (χ1) is 8.34. The van der Waals surface area contributed by atoms with Gasteiger partial charge in [0.15, 0.2) is 0 Å². The molecule has 0 saturated heterocycles. The van der Waals surface area contributed by atoms with Gasteiger partial charge in [-0.2, -0.15) is 0 Å². The van der Waals surface area contributed by atoms with Gasteiger partial charge in [0.05, 0.1) is 0 Å². The quantitative estimate of drug-likeness (QED) is 0.872. The standard InChI is InChI=1S/C13H23N3O2/c1-6-10(13(3,4)5)12(17)14-8-7-11-16-15-9(2)18-11/h10H,6-8H2,1-5H3,(H,14,17). The Morgan fingerprint density at radius 2 is 2.06 bits per heavy atom. The smallest absolute Gasteiger partial charge is 0.223 e. The summed E-state index contributed by atoms with van der Waals surface area (Å²) in [4.78, 5) is 12.0. The Labute approximate surface area is 108 Å². The van der Waals surface area contributed by atoms with E-state index in [1.165, 1.54) is 0 Å². The highest BCUT2D eigenvalue weighted by Gasteiger charge is 2.29. The van der Waals surface area contributed by atoms with Crippen molar-refractivity contribution >= 4 is 5.91 Å². The summed E-state index contributed by atoms with van der Waals surface area (Å²) in [5.74, 6) is 1.25. The van der Waals surface area contributed by atoms with E-state index in [0.29, 0.717) is 24.7 Å². The fourth-order valence-corrected chi connectivity index (χ4v) is 2.05. The van der Waals surface area contributed by atoms with Crippen molar-refractivity contribution in [3.63, 3.8) is 0 Å². The third kappa shape index (κ3) is 4.13. The molecule has 0 radical (unpaired) electrons. The summed E-state index contributed by atoms with van der Waals surface area (Å²) in [5.41, 5.74) is -0.0140. The van der Waals surface area contributed by atoms with Crippen molar-refractivity contribution in [2.45, 2.75) is 47.5 Å². The second kappa shape index (κ2) is 5.98. The molecule has 0 aliphatic carbocycles. The number of carbonyl (C=O) groups is 1. The van der Waals surface area contributed by atoms with Crippen molar-refractivity contribution in [2.24, 2.45) is 11.3 Å². The molecule has 0 spiro atoms. The van der Waals surface area contributed by atoms with Crippen LogP contribution in [0.25, 0.3) is 0 Å². The van der Waals surface area contributed by atoms with Crippen LogP contribution < -0.4 is 5.32 Å². The van der Waals surface area contributed by atoms with Gasteiger partial charge in [-0.3, -0.25) is 4.79 Å². The molecule has 1 aromatic rings.